The number of nitrogens with one attached hydrogen (secondary N) is 1. The Balaban J connectivity index is 2.86. The van der Waals surface area contributed by atoms with Gasteiger partial charge in [-0.3, -0.25) is 14.3 Å². The van der Waals surface area contributed by atoms with E-state index in [1.165, 1.54) is 19.2 Å². The molecule has 0 aliphatic rings. The highest BCUT2D eigenvalue weighted by molar-refractivity contribution is 4.83. The lowest BCUT2D eigenvalue weighted by Crippen LogP contribution is -2.37. The zero-order valence-electron chi connectivity index (χ0n) is 9.66. The fourth-order valence-electron chi connectivity index (χ4n) is 1.34. The molecule has 3 atom stereocenters. The molecule has 3 N–H and O–H groups in total. The van der Waals surface area contributed by atoms with Gasteiger partial charge in [-0.2, -0.15) is 0 Å². The molecule has 0 aliphatic heterocycles. The minimum atomic E-state index is -0.860. The molecule has 0 fully saturated rings. The average Bonchev–Trinajstić information content (AvgIpc) is 2.24. The van der Waals surface area contributed by atoms with Crippen molar-refractivity contribution in [1.29, 1.82) is 0 Å². The fourth-order valence-corrected chi connectivity index (χ4v) is 1.34. The molecule has 0 spiro atoms. The molecule has 0 bridgehead atoms. The van der Waals surface area contributed by atoms with E-state index in [0.717, 1.165) is 4.57 Å². The maximum Gasteiger partial charge on any atom is 0.330 e. The minimum absolute atomic E-state index is 0.361. The second-order valence-electron chi connectivity index (χ2n) is 3.71. The molecule has 0 saturated heterocycles. The Morgan fingerprint density at radius 1 is 1.47 bits per heavy atom. The summed E-state index contributed by atoms with van der Waals surface area (Å²) in [6, 6.07) is 1.19. The zero-order valence-corrected chi connectivity index (χ0v) is 9.66. The van der Waals surface area contributed by atoms with Crippen LogP contribution in [0.1, 0.15) is 20.1 Å². The summed E-state index contributed by atoms with van der Waals surface area (Å²) in [5.74, 6) is 0. The largest absolute Gasteiger partial charge is 0.394 e. The van der Waals surface area contributed by atoms with Crippen molar-refractivity contribution in [3.05, 3.63) is 33.1 Å². The molecule has 0 aromatic carbocycles. The van der Waals surface area contributed by atoms with E-state index >= 15 is 0 Å². The number of rotatable bonds is 5. The van der Waals surface area contributed by atoms with E-state index in [4.69, 9.17) is 9.84 Å². The quantitative estimate of drug-likeness (QED) is 0.604. The molecule has 1 heterocycles. The second kappa shape index (κ2) is 5.76. The third-order valence-corrected chi connectivity index (χ3v) is 2.33. The molecule has 1 unspecified atom stereocenters. The van der Waals surface area contributed by atoms with Crippen LogP contribution in [0.4, 0.5) is 0 Å². The van der Waals surface area contributed by atoms with Crippen molar-refractivity contribution in [3.63, 3.8) is 0 Å². The van der Waals surface area contributed by atoms with Crippen LogP contribution in [0.2, 0.25) is 0 Å². The van der Waals surface area contributed by atoms with E-state index in [1.54, 1.807) is 6.92 Å². The molecule has 7 nitrogen and oxygen atoms in total. The molecular formula is C10H16N2O5. The molecule has 17 heavy (non-hydrogen) atoms. The van der Waals surface area contributed by atoms with Crippen molar-refractivity contribution in [2.45, 2.75) is 32.3 Å². The van der Waals surface area contributed by atoms with Crippen molar-refractivity contribution in [1.82, 2.24) is 9.55 Å². The van der Waals surface area contributed by atoms with E-state index in [1.807, 2.05) is 0 Å². The van der Waals surface area contributed by atoms with Crippen LogP contribution in [0.25, 0.3) is 0 Å². The first-order valence-corrected chi connectivity index (χ1v) is 5.21. The van der Waals surface area contributed by atoms with E-state index in [2.05, 4.69) is 4.98 Å². The number of aliphatic hydroxyl groups is 2. The Bertz CT molecular complexity index is 464. The Hall–Kier alpha value is -1.44. The predicted molar refractivity (Wildman–Crippen MR) is 59.7 cm³/mol. The van der Waals surface area contributed by atoms with E-state index < -0.39 is 29.7 Å². The summed E-state index contributed by atoms with van der Waals surface area (Å²) in [5.41, 5.74) is -1.10. The van der Waals surface area contributed by atoms with Gasteiger partial charge in [-0.25, -0.2) is 4.79 Å². The summed E-state index contributed by atoms with van der Waals surface area (Å²) in [5, 5.41) is 18.3. The average molecular weight is 244 g/mol. The number of aliphatic hydroxyl groups excluding tert-OH is 2. The van der Waals surface area contributed by atoms with Crippen molar-refractivity contribution in [2.75, 3.05) is 6.61 Å². The Morgan fingerprint density at radius 3 is 2.59 bits per heavy atom. The smallest absolute Gasteiger partial charge is 0.330 e. The highest BCUT2D eigenvalue weighted by Crippen LogP contribution is 2.09. The topological polar surface area (TPSA) is 105 Å². The Kier molecular flexibility index (Phi) is 4.62. The first-order chi connectivity index (χ1) is 7.95. The minimum Gasteiger partial charge on any atom is -0.394 e. The summed E-state index contributed by atoms with van der Waals surface area (Å²) in [7, 11) is 0. The van der Waals surface area contributed by atoms with Crippen LogP contribution in [0.15, 0.2) is 21.9 Å². The first kappa shape index (κ1) is 13.6. The van der Waals surface area contributed by atoms with Gasteiger partial charge in [0.1, 0.15) is 12.3 Å². The number of H-pyrrole nitrogens is 1. The van der Waals surface area contributed by atoms with E-state index in [9.17, 15) is 14.7 Å². The number of hydrogen-bond donors (Lipinski definition) is 3. The van der Waals surface area contributed by atoms with Crippen molar-refractivity contribution < 1.29 is 14.9 Å². The number of hydrogen-bond acceptors (Lipinski definition) is 5. The lowest BCUT2D eigenvalue weighted by Gasteiger charge is -2.23. The molecule has 1 aromatic heterocycles. The Labute approximate surface area is 97.3 Å². The third-order valence-electron chi connectivity index (χ3n) is 2.33. The molecule has 0 amide bonds. The van der Waals surface area contributed by atoms with Crippen molar-refractivity contribution in [3.8, 4) is 0 Å². The fraction of sp³-hybridized carbons (Fsp3) is 0.600. The van der Waals surface area contributed by atoms with Crippen LogP contribution < -0.4 is 11.2 Å². The highest BCUT2D eigenvalue weighted by Gasteiger charge is 2.19. The first-order valence-electron chi connectivity index (χ1n) is 5.21. The number of ether oxygens (including phenoxy) is 1. The van der Waals surface area contributed by atoms with Crippen LogP contribution in [0.3, 0.4) is 0 Å². The summed E-state index contributed by atoms with van der Waals surface area (Å²) in [4.78, 5) is 24.4. The third kappa shape index (κ3) is 3.52. The van der Waals surface area contributed by atoms with Crippen LogP contribution in [0.5, 0.6) is 0 Å². The van der Waals surface area contributed by atoms with Gasteiger partial charge in [0.25, 0.3) is 5.56 Å². The summed E-state index contributed by atoms with van der Waals surface area (Å²) >= 11 is 0. The normalized spacial score (nSPS) is 16.5. The monoisotopic (exact) mass is 244 g/mol. The summed E-state index contributed by atoms with van der Waals surface area (Å²) < 4.78 is 6.47. The second-order valence-corrected chi connectivity index (χ2v) is 3.71. The van der Waals surface area contributed by atoms with Crippen LogP contribution in [0, 0.1) is 0 Å². The lowest BCUT2D eigenvalue weighted by molar-refractivity contribution is -0.113. The standard InChI is InChI=1S/C10H16N2O5/c1-6(14)8(5-13)17-7(2)12-4-3-9(15)11-10(12)16/h3-4,6-8,13-14H,5H2,1-2H3,(H,11,15,16)/t6?,7-,8-/m1/s1. The number of aromatic nitrogens is 2. The molecule has 1 rings (SSSR count). The van der Waals surface area contributed by atoms with E-state index in [-0.39, 0.29) is 6.61 Å². The van der Waals surface area contributed by atoms with Gasteiger partial charge in [-0.1, -0.05) is 0 Å². The van der Waals surface area contributed by atoms with Gasteiger partial charge in [0.15, 0.2) is 0 Å². The van der Waals surface area contributed by atoms with Gasteiger partial charge >= 0.3 is 5.69 Å². The van der Waals surface area contributed by atoms with Crippen LogP contribution >= 0.6 is 0 Å². The van der Waals surface area contributed by atoms with Gasteiger partial charge in [-0.05, 0) is 13.8 Å². The maximum absolute atomic E-state index is 11.4. The molecule has 1 aromatic rings. The zero-order chi connectivity index (χ0) is 13.0. The molecule has 0 aliphatic carbocycles. The maximum atomic E-state index is 11.4. The summed E-state index contributed by atoms with van der Waals surface area (Å²) in [6.07, 6.45) is -1.06. The van der Waals surface area contributed by atoms with Crippen LogP contribution in [-0.4, -0.2) is 38.6 Å². The molecule has 96 valence electrons. The van der Waals surface area contributed by atoms with Gasteiger partial charge < -0.3 is 14.9 Å². The van der Waals surface area contributed by atoms with E-state index in [0.29, 0.717) is 0 Å². The molecule has 0 radical (unpaired) electrons. The number of aromatic amines is 1. The van der Waals surface area contributed by atoms with Crippen molar-refractivity contribution in [2.24, 2.45) is 0 Å². The van der Waals surface area contributed by atoms with Gasteiger partial charge in [0.2, 0.25) is 0 Å². The van der Waals surface area contributed by atoms with Gasteiger partial charge in [0, 0.05) is 12.3 Å². The number of nitrogens with zero attached hydrogens (tertiary/aromatic N) is 1. The molecule has 0 saturated carbocycles. The lowest BCUT2D eigenvalue weighted by atomic mass is 10.2. The molecule has 7 heteroatoms. The van der Waals surface area contributed by atoms with Crippen LogP contribution in [-0.2, 0) is 4.74 Å². The molecular weight excluding hydrogens is 228 g/mol. The van der Waals surface area contributed by atoms with Crippen molar-refractivity contribution >= 4 is 0 Å². The predicted octanol–water partition coefficient (Wildman–Crippen LogP) is -1.19. The Morgan fingerprint density at radius 2 is 2.12 bits per heavy atom. The van der Waals surface area contributed by atoms with Gasteiger partial charge in [0.05, 0.1) is 12.7 Å². The highest BCUT2D eigenvalue weighted by atomic mass is 16.5. The van der Waals surface area contributed by atoms with Gasteiger partial charge in [-0.15, -0.1) is 0 Å². The summed E-state index contributed by atoms with van der Waals surface area (Å²) in [6.45, 7) is 2.69. The SMILES string of the molecule is CC(O)[C@@H](CO)O[C@H](C)n1ccc(=O)[nH]c1=O.